The topological polar surface area (TPSA) is 40.6 Å². The van der Waals surface area contributed by atoms with Crippen molar-refractivity contribution in [3.05, 3.63) is 93.7 Å². The highest BCUT2D eigenvalue weighted by Gasteiger charge is 2.34. The molecule has 1 aromatic heterocycles. The average Bonchev–Trinajstić information content (AvgIpc) is 3.26. The monoisotopic (exact) mass is 418 g/mol. The molecule has 2 aromatic carbocycles. The van der Waals surface area contributed by atoms with E-state index in [1.807, 2.05) is 55.1 Å². The van der Waals surface area contributed by atoms with E-state index >= 15 is 0 Å². The highest BCUT2D eigenvalue weighted by atomic mass is 32.1. The fourth-order valence-corrected chi connectivity index (χ4v) is 4.96. The van der Waals surface area contributed by atoms with E-state index in [2.05, 4.69) is 23.6 Å². The van der Waals surface area contributed by atoms with Gasteiger partial charge in [-0.3, -0.25) is 9.59 Å². The third kappa shape index (κ3) is 4.03. The summed E-state index contributed by atoms with van der Waals surface area (Å²) in [7, 11) is 0. The summed E-state index contributed by atoms with van der Waals surface area (Å²) in [5.41, 5.74) is 2.92. The molecule has 1 aliphatic heterocycles. The standard InChI is InChI=1S/C25H26N2O2S/c1-18(2)27(25(29)20-11-7-4-8-12-20)17-23(28)26-15-13-22-21(14-16-30-22)24(26)19-9-5-3-6-10-19/h3-12,14,16,18,24H,13,15,17H2,1-2H3/t24-/m1/s1. The SMILES string of the molecule is CC(C)N(CC(=O)N1CCc2sccc2[C@H]1c1ccccc1)C(=O)c1ccccc1. The Morgan fingerprint density at radius 2 is 1.70 bits per heavy atom. The summed E-state index contributed by atoms with van der Waals surface area (Å²) in [6.07, 6.45) is 0.858. The minimum Gasteiger partial charge on any atom is -0.330 e. The molecule has 1 aliphatic rings. The van der Waals surface area contributed by atoms with Crippen LogP contribution in [0, 0.1) is 0 Å². The molecule has 3 aromatic rings. The van der Waals surface area contributed by atoms with Gasteiger partial charge >= 0.3 is 0 Å². The molecule has 0 saturated carbocycles. The van der Waals surface area contributed by atoms with Crippen molar-refractivity contribution in [3.8, 4) is 0 Å². The predicted octanol–water partition coefficient (Wildman–Crippen LogP) is 4.77. The van der Waals surface area contributed by atoms with Crippen molar-refractivity contribution in [1.29, 1.82) is 0 Å². The first-order valence-corrected chi connectivity index (χ1v) is 11.2. The number of hydrogen-bond acceptors (Lipinski definition) is 3. The minimum atomic E-state index is -0.108. The molecule has 0 fully saturated rings. The maximum atomic E-state index is 13.5. The van der Waals surface area contributed by atoms with E-state index in [0.717, 1.165) is 12.0 Å². The van der Waals surface area contributed by atoms with E-state index in [1.54, 1.807) is 28.4 Å². The molecule has 0 aliphatic carbocycles. The second kappa shape index (κ2) is 8.84. The summed E-state index contributed by atoms with van der Waals surface area (Å²) in [6.45, 7) is 4.65. The maximum Gasteiger partial charge on any atom is 0.254 e. The molecule has 1 atom stereocenters. The van der Waals surface area contributed by atoms with Crippen molar-refractivity contribution in [2.24, 2.45) is 0 Å². The first-order chi connectivity index (χ1) is 14.6. The first-order valence-electron chi connectivity index (χ1n) is 10.3. The van der Waals surface area contributed by atoms with E-state index in [0.29, 0.717) is 12.1 Å². The van der Waals surface area contributed by atoms with Gasteiger partial charge in [-0.05, 0) is 55.0 Å². The lowest BCUT2D eigenvalue weighted by Gasteiger charge is -2.38. The third-order valence-corrected chi connectivity index (χ3v) is 6.61. The Morgan fingerprint density at radius 3 is 2.37 bits per heavy atom. The molecular weight excluding hydrogens is 392 g/mol. The highest BCUT2D eigenvalue weighted by Crippen LogP contribution is 2.37. The number of nitrogens with zero attached hydrogens (tertiary/aromatic N) is 2. The molecule has 0 bridgehead atoms. The lowest BCUT2D eigenvalue weighted by Crippen LogP contribution is -2.48. The molecule has 0 saturated heterocycles. The van der Waals surface area contributed by atoms with Crippen LogP contribution in [0.25, 0.3) is 0 Å². The number of carbonyl (C=O) groups is 2. The lowest BCUT2D eigenvalue weighted by molar-refractivity contribution is -0.134. The van der Waals surface area contributed by atoms with Gasteiger partial charge in [0.15, 0.2) is 0 Å². The van der Waals surface area contributed by atoms with Gasteiger partial charge in [0.2, 0.25) is 5.91 Å². The number of fused-ring (bicyclic) bond motifs is 1. The van der Waals surface area contributed by atoms with Crippen LogP contribution in [-0.2, 0) is 11.2 Å². The number of thiophene rings is 1. The quantitative estimate of drug-likeness (QED) is 0.599. The Kier molecular flexibility index (Phi) is 6.00. The molecule has 2 heterocycles. The van der Waals surface area contributed by atoms with Crippen molar-refractivity contribution in [1.82, 2.24) is 9.80 Å². The molecule has 0 unspecified atom stereocenters. The zero-order chi connectivity index (χ0) is 21.1. The van der Waals surface area contributed by atoms with Crippen molar-refractivity contribution >= 4 is 23.2 Å². The van der Waals surface area contributed by atoms with Gasteiger partial charge < -0.3 is 9.80 Å². The van der Waals surface area contributed by atoms with Crippen LogP contribution in [0.1, 0.15) is 46.3 Å². The van der Waals surface area contributed by atoms with Crippen LogP contribution in [0.2, 0.25) is 0 Å². The smallest absolute Gasteiger partial charge is 0.254 e. The van der Waals surface area contributed by atoms with Gasteiger partial charge in [-0.15, -0.1) is 11.3 Å². The Hall–Kier alpha value is -2.92. The summed E-state index contributed by atoms with van der Waals surface area (Å²) >= 11 is 1.76. The lowest BCUT2D eigenvalue weighted by atomic mass is 9.93. The molecule has 4 rings (SSSR count). The van der Waals surface area contributed by atoms with Gasteiger partial charge in [0.25, 0.3) is 5.91 Å². The van der Waals surface area contributed by atoms with Crippen molar-refractivity contribution in [2.45, 2.75) is 32.4 Å². The van der Waals surface area contributed by atoms with Crippen molar-refractivity contribution < 1.29 is 9.59 Å². The fourth-order valence-electron chi connectivity index (χ4n) is 4.05. The second-order valence-electron chi connectivity index (χ2n) is 7.84. The van der Waals surface area contributed by atoms with Crippen LogP contribution >= 0.6 is 11.3 Å². The molecule has 5 heteroatoms. The molecule has 154 valence electrons. The van der Waals surface area contributed by atoms with Crippen LogP contribution in [0.4, 0.5) is 0 Å². The Morgan fingerprint density at radius 1 is 1.03 bits per heavy atom. The van der Waals surface area contributed by atoms with Gasteiger partial charge in [0.1, 0.15) is 6.54 Å². The summed E-state index contributed by atoms with van der Waals surface area (Å²) < 4.78 is 0. The Labute approximate surface area is 181 Å². The highest BCUT2D eigenvalue weighted by molar-refractivity contribution is 7.10. The summed E-state index contributed by atoms with van der Waals surface area (Å²) in [5.74, 6) is -0.123. The summed E-state index contributed by atoms with van der Waals surface area (Å²) in [4.78, 5) is 31.5. The largest absolute Gasteiger partial charge is 0.330 e. The molecular formula is C25H26N2O2S. The van der Waals surface area contributed by atoms with Crippen LogP contribution < -0.4 is 0 Å². The zero-order valence-corrected chi connectivity index (χ0v) is 18.1. The maximum absolute atomic E-state index is 13.5. The van der Waals surface area contributed by atoms with E-state index in [4.69, 9.17) is 0 Å². The number of rotatable bonds is 5. The molecule has 2 amide bonds. The molecule has 0 radical (unpaired) electrons. The van der Waals surface area contributed by atoms with Crippen LogP contribution in [-0.4, -0.2) is 40.7 Å². The summed E-state index contributed by atoms with van der Waals surface area (Å²) in [6, 6.07) is 21.3. The Bertz CT molecular complexity index is 1010. The van der Waals surface area contributed by atoms with Gasteiger partial charge in [-0.2, -0.15) is 0 Å². The molecule has 4 nitrogen and oxygen atoms in total. The van der Waals surface area contributed by atoms with Crippen LogP contribution in [0.3, 0.4) is 0 Å². The van der Waals surface area contributed by atoms with Crippen molar-refractivity contribution in [3.63, 3.8) is 0 Å². The zero-order valence-electron chi connectivity index (χ0n) is 17.3. The van der Waals surface area contributed by atoms with Gasteiger partial charge in [0, 0.05) is 23.0 Å². The summed E-state index contributed by atoms with van der Waals surface area (Å²) in [5, 5.41) is 2.11. The normalized spacial score (nSPS) is 15.7. The fraction of sp³-hybridized carbons (Fsp3) is 0.280. The second-order valence-corrected chi connectivity index (χ2v) is 8.84. The van der Waals surface area contributed by atoms with E-state index in [-0.39, 0.29) is 30.4 Å². The van der Waals surface area contributed by atoms with E-state index in [1.165, 1.54) is 10.4 Å². The van der Waals surface area contributed by atoms with Crippen LogP contribution in [0.5, 0.6) is 0 Å². The van der Waals surface area contributed by atoms with E-state index in [9.17, 15) is 9.59 Å². The number of carbonyl (C=O) groups excluding carboxylic acids is 2. The Balaban J connectivity index is 1.61. The predicted molar refractivity (Wildman–Crippen MR) is 121 cm³/mol. The van der Waals surface area contributed by atoms with Gasteiger partial charge in [-0.1, -0.05) is 48.5 Å². The van der Waals surface area contributed by atoms with Gasteiger partial charge in [-0.25, -0.2) is 0 Å². The third-order valence-electron chi connectivity index (χ3n) is 5.61. The molecule has 0 N–H and O–H groups in total. The number of amides is 2. The molecule has 30 heavy (non-hydrogen) atoms. The number of hydrogen-bond donors (Lipinski definition) is 0. The first kappa shape index (κ1) is 20.4. The van der Waals surface area contributed by atoms with E-state index < -0.39 is 0 Å². The van der Waals surface area contributed by atoms with Crippen molar-refractivity contribution in [2.75, 3.05) is 13.1 Å². The van der Waals surface area contributed by atoms with Crippen LogP contribution in [0.15, 0.2) is 72.1 Å². The minimum absolute atomic E-state index is 0.0151. The van der Waals surface area contributed by atoms with Gasteiger partial charge in [0.05, 0.1) is 6.04 Å². The molecule has 0 spiro atoms. The average molecular weight is 419 g/mol. The number of benzene rings is 2.